The summed E-state index contributed by atoms with van der Waals surface area (Å²) in [5.41, 5.74) is 4.24. The molecule has 1 aliphatic carbocycles. The normalized spacial score (nSPS) is 23.3. The highest BCUT2D eigenvalue weighted by Gasteiger charge is 2.41. The lowest BCUT2D eigenvalue weighted by molar-refractivity contribution is -0.00605. The second-order valence-corrected chi connectivity index (χ2v) is 7.84. The molecule has 2 nitrogen and oxygen atoms in total. The molecule has 0 unspecified atom stereocenters. The van der Waals surface area contributed by atoms with Gasteiger partial charge in [0.05, 0.1) is 5.60 Å². The fraction of sp³-hybridized carbons (Fsp3) is 0.478. The number of nitrogens with zero attached hydrogens (tertiary/aromatic N) is 1. The zero-order chi connectivity index (χ0) is 17.9. The van der Waals surface area contributed by atoms with Crippen LogP contribution in [0.15, 0.2) is 48.5 Å². The van der Waals surface area contributed by atoms with E-state index in [9.17, 15) is 5.11 Å². The Morgan fingerprint density at radius 2 is 1.80 bits per heavy atom. The van der Waals surface area contributed by atoms with Crippen LogP contribution in [-0.4, -0.2) is 30.6 Å². The van der Waals surface area contributed by atoms with Crippen molar-refractivity contribution in [2.45, 2.75) is 50.5 Å². The Kier molecular flexibility index (Phi) is 5.61. The first-order valence-corrected chi connectivity index (χ1v) is 9.53. The van der Waals surface area contributed by atoms with Crippen molar-refractivity contribution < 1.29 is 5.11 Å². The zero-order valence-electron chi connectivity index (χ0n) is 15.8. The van der Waals surface area contributed by atoms with Crippen LogP contribution in [-0.2, 0) is 12.0 Å². The van der Waals surface area contributed by atoms with E-state index in [1.807, 2.05) is 0 Å². The second-order valence-electron chi connectivity index (χ2n) is 7.84. The molecule has 0 spiro atoms. The Balaban J connectivity index is 2.00. The van der Waals surface area contributed by atoms with Gasteiger partial charge in [-0.05, 0) is 76.4 Å². The molecular formula is C23H31NO. The lowest BCUT2D eigenvalue weighted by Crippen LogP contribution is -2.34. The first-order chi connectivity index (χ1) is 12.0. The van der Waals surface area contributed by atoms with Crippen molar-refractivity contribution in [3.63, 3.8) is 0 Å². The third kappa shape index (κ3) is 3.96. The Bertz CT molecular complexity index is 691. The van der Waals surface area contributed by atoms with Crippen LogP contribution in [0.2, 0.25) is 0 Å². The zero-order valence-corrected chi connectivity index (χ0v) is 15.8. The lowest BCUT2D eigenvalue weighted by atomic mass is 9.73. The van der Waals surface area contributed by atoms with Crippen molar-refractivity contribution in [2.24, 2.45) is 0 Å². The first-order valence-electron chi connectivity index (χ1n) is 9.53. The van der Waals surface area contributed by atoms with Crippen LogP contribution in [0.25, 0.3) is 0 Å². The Hall–Kier alpha value is -1.64. The van der Waals surface area contributed by atoms with E-state index in [1.54, 1.807) is 0 Å². The Morgan fingerprint density at radius 1 is 1.08 bits per heavy atom. The van der Waals surface area contributed by atoms with Gasteiger partial charge in [0.15, 0.2) is 0 Å². The summed E-state index contributed by atoms with van der Waals surface area (Å²) < 4.78 is 0. The van der Waals surface area contributed by atoms with E-state index < -0.39 is 5.60 Å². The maximum atomic E-state index is 12.0. The summed E-state index contributed by atoms with van der Waals surface area (Å²) in [7, 11) is 4.20. The molecule has 0 radical (unpaired) electrons. The minimum atomic E-state index is -0.779. The summed E-state index contributed by atoms with van der Waals surface area (Å²) >= 11 is 0. The molecular weight excluding hydrogens is 306 g/mol. The number of hydrogen-bond donors (Lipinski definition) is 1. The van der Waals surface area contributed by atoms with Gasteiger partial charge >= 0.3 is 0 Å². The van der Waals surface area contributed by atoms with Gasteiger partial charge in [0.25, 0.3) is 0 Å². The first kappa shape index (κ1) is 18.2. The molecule has 2 heteroatoms. The molecule has 0 bridgehead atoms. The molecule has 0 aliphatic heterocycles. The molecule has 0 fully saturated rings. The third-order valence-electron chi connectivity index (χ3n) is 5.64. The van der Waals surface area contributed by atoms with Gasteiger partial charge in [0.1, 0.15) is 0 Å². The highest BCUT2D eigenvalue weighted by molar-refractivity contribution is 5.39. The predicted octanol–water partition coefficient (Wildman–Crippen LogP) is 4.64. The van der Waals surface area contributed by atoms with Crippen molar-refractivity contribution in [3.8, 4) is 0 Å². The summed E-state index contributed by atoms with van der Waals surface area (Å²) in [6, 6.07) is 17.3. The molecule has 0 amide bonds. The molecule has 1 aliphatic rings. The number of fused-ring (bicyclic) bond motifs is 1. The smallest absolute Gasteiger partial charge is 0.0967 e. The van der Waals surface area contributed by atoms with E-state index >= 15 is 0 Å². The average molecular weight is 338 g/mol. The van der Waals surface area contributed by atoms with Crippen LogP contribution >= 0.6 is 0 Å². The van der Waals surface area contributed by atoms with Gasteiger partial charge in [-0.1, -0.05) is 54.1 Å². The largest absolute Gasteiger partial charge is 0.385 e. The SMILES string of the molecule is Cc1ccc([C@H]2CCCc3ccccc3[C@@]2(O)CCCN(C)C)cc1. The maximum Gasteiger partial charge on any atom is 0.0967 e. The molecule has 134 valence electrons. The van der Waals surface area contributed by atoms with Gasteiger partial charge in [-0.15, -0.1) is 0 Å². The minimum Gasteiger partial charge on any atom is -0.385 e. The van der Waals surface area contributed by atoms with Crippen molar-refractivity contribution >= 4 is 0 Å². The summed E-state index contributed by atoms with van der Waals surface area (Å²) in [5, 5.41) is 12.0. The van der Waals surface area contributed by atoms with E-state index in [-0.39, 0.29) is 5.92 Å². The van der Waals surface area contributed by atoms with Crippen molar-refractivity contribution in [2.75, 3.05) is 20.6 Å². The molecule has 2 aromatic rings. The number of rotatable bonds is 5. The Labute approximate surface area is 152 Å². The molecule has 0 heterocycles. The molecule has 2 aromatic carbocycles. The summed E-state index contributed by atoms with van der Waals surface area (Å²) in [6.45, 7) is 3.13. The van der Waals surface area contributed by atoms with E-state index in [0.717, 1.165) is 44.2 Å². The third-order valence-corrected chi connectivity index (χ3v) is 5.64. The molecule has 3 rings (SSSR count). The highest BCUT2D eigenvalue weighted by Crippen LogP contribution is 2.47. The molecule has 0 aromatic heterocycles. The van der Waals surface area contributed by atoms with Crippen LogP contribution in [0.4, 0.5) is 0 Å². The monoisotopic (exact) mass is 337 g/mol. The van der Waals surface area contributed by atoms with Crippen LogP contribution in [0.3, 0.4) is 0 Å². The molecule has 1 N–H and O–H groups in total. The van der Waals surface area contributed by atoms with Gasteiger partial charge in [0.2, 0.25) is 0 Å². The van der Waals surface area contributed by atoms with Gasteiger partial charge in [-0.2, -0.15) is 0 Å². The van der Waals surface area contributed by atoms with E-state index in [4.69, 9.17) is 0 Å². The second kappa shape index (κ2) is 7.72. The van der Waals surface area contributed by atoms with E-state index in [2.05, 4.69) is 74.4 Å². The summed E-state index contributed by atoms with van der Waals surface area (Å²) in [6.07, 6.45) is 5.04. The molecule has 0 saturated carbocycles. The highest BCUT2D eigenvalue weighted by atomic mass is 16.3. The number of benzene rings is 2. The fourth-order valence-electron chi connectivity index (χ4n) is 4.30. The summed E-state index contributed by atoms with van der Waals surface area (Å²) in [4.78, 5) is 2.20. The fourth-order valence-corrected chi connectivity index (χ4v) is 4.30. The average Bonchev–Trinajstić information content (AvgIpc) is 2.73. The standard InChI is InChI=1S/C23H31NO/c1-18-12-14-20(15-13-18)22-11-6-9-19-8-4-5-10-21(19)23(22,25)16-7-17-24(2)3/h4-5,8,10,12-15,22,25H,6-7,9,11,16-17H2,1-3H3/t22-,23+/m1/s1. The van der Waals surface area contributed by atoms with Gasteiger partial charge in [-0.3, -0.25) is 0 Å². The molecule has 0 saturated heterocycles. The minimum absolute atomic E-state index is 0.166. The topological polar surface area (TPSA) is 23.5 Å². The Morgan fingerprint density at radius 3 is 2.52 bits per heavy atom. The number of aliphatic hydroxyl groups is 1. The van der Waals surface area contributed by atoms with E-state index in [0.29, 0.717) is 0 Å². The lowest BCUT2D eigenvalue weighted by Gasteiger charge is -2.37. The van der Waals surface area contributed by atoms with Crippen LogP contribution in [0.1, 0.15) is 53.9 Å². The van der Waals surface area contributed by atoms with Crippen molar-refractivity contribution in [1.82, 2.24) is 4.90 Å². The van der Waals surface area contributed by atoms with Crippen LogP contribution in [0.5, 0.6) is 0 Å². The maximum absolute atomic E-state index is 12.0. The van der Waals surface area contributed by atoms with Crippen molar-refractivity contribution in [1.29, 1.82) is 0 Å². The number of aryl methyl sites for hydroxylation is 2. The number of hydrogen-bond acceptors (Lipinski definition) is 2. The van der Waals surface area contributed by atoms with Crippen LogP contribution in [0, 0.1) is 6.92 Å². The molecule has 25 heavy (non-hydrogen) atoms. The quantitative estimate of drug-likeness (QED) is 0.803. The van der Waals surface area contributed by atoms with Gasteiger partial charge in [0, 0.05) is 5.92 Å². The van der Waals surface area contributed by atoms with Gasteiger partial charge < -0.3 is 10.0 Å². The van der Waals surface area contributed by atoms with Gasteiger partial charge in [-0.25, -0.2) is 0 Å². The van der Waals surface area contributed by atoms with Crippen molar-refractivity contribution in [3.05, 3.63) is 70.8 Å². The summed E-state index contributed by atoms with van der Waals surface area (Å²) in [5.74, 6) is 0.166. The van der Waals surface area contributed by atoms with Crippen LogP contribution < -0.4 is 0 Å². The molecule has 2 atom stereocenters. The van der Waals surface area contributed by atoms with E-state index in [1.165, 1.54) is 16.7 Å². The predicted molar refractivity (Wildman–Crippen MR) is 105 cm³/mol.